The van der Waals surface area contributed by atoms with Gasteiger partial charge in [-0.15, -0.1) is 0 Å². The van der Waals surface area contributed by atoms with Crippen molar-refractivity contribution >= 4 is 0 Å². The monoisotopic (exact) mass is 619 g/mol. The van der Waals surface area contributed by atoms with E-state index >= 15 is 4.39 Å². The maximum Gasteiger partial charge on any atom is 0.453 e. The van der Waals surface area contributed by atoms with Gasteiger partial charge in [0.25, 0.3) is 0 Å². The van der Waals surface area contributed by atoms with Gasteiger partial charge in [-0.1, -0.05) is 45.1 Å². The Labute approximate surface area is 253 Å². The lowest BCUT2D eigenvalue weighted by Crippen LogP contribution is -2.54. The van der Waals surface area contributed by atoms with E-state index < -0.39 is 35.7 Å². The maximum atomic E-state index is 16.1. The lowest BCUT2D eigenvalue weighted by molar-refractivity contribution is -0.284. The molecule has 0 aliphatic heterocycles. The van der Waals surface area contributed by atoms with Gasteiger partial charge in [0.2, 0.25) is 0 Å². The average Bonchev–Trinajstić information content (AvgIpc) is 3.14. The molecule has 1 aromatic carbocycles. The molecule has 0 aromatic heterocycles. The number of hydrogen-bond acceptors (Lipinski definition) is 3. The molecular weight excluding hydrogens is 568 g/mol. The van der Waals surface area contributed by atoms with Crippen molar-refractivity contribution in [3.8, 4) is 5.75 Å². The van der Waals surface area contributed by atoms with Crippen molar-refractivity contribution in [1.82, 2.24) is 4.90 Å². The molecular formula is C34H51F6NO2. The lowest BCUT2D eigenvalue weighted by Gasteiger charge is -2.56. The highest BCUT2D eigenvalue weighted by atomic mass is 19.4. The number of nitrogens with zero attached hydrogens (tertiary/aromatic N) is 1. The van der Waals surface area contributed by atoms with Crippen LogP contribution in [0, 0.1) is 23.2 Å². The Morgan fingerprint density at radius 3 is 2.23 bits per heavy atom. The third-order valence-electron chi connectivity index (χ3n) is 11.5. The summed E-state index contributed by atoms with van der Waals surface area (Å²) in [6.45, 7) is 5.78. The zero-order chi connectivity index (χ0) is 31.6. The molecule has 246 valence electrons. The third-order valence-corrected chi connectivity index (χ3v) is 11.5. The number of aliphatic hydroxyl groups is 1. The van der Waals surface area contributed by atoms with Crippen LogP contribution in [-0.4, -0.2) is 59.1 Å². The fraction of sp³-hybridized carbons (Fsp3) is 0.824. The van der Waals surface area contributed by atoms with E-state index in [2.05, 4.69) is 18.9 Å². The second-order valence-corrected chi connectivity index (χ2v) is 14.4. The number of fused-ring (bicyclic) bond motifs is 5. The quantitative estimate of drug-likeness (QED) is 0.161. The minimum atomic E-state index is -5.46. The van der Waals surface area contributed by atoms with Crippen LogP contribution in [0.25, 0.3) is 0 Å². The second kappa shape index (κ2) is 13.5. The number of unbranched alkanes of at least 4 members (excludes halogenated alkanes) is 6. The first-order valence-corrected chi connectivity index (χ1v) is 16.4. The predicted octanol–water partition coefficient (Wildman–Crippen LogP) is 9.20. The molecule has 0 amide bonds. The number of hydrogen-bond donors (Lipinski definition) is 2. The zero-order valence-corrected chi connectivity index (χ0v) is 26.0. The minimum absolute atomic E-state index is 0.122. The van der Waals surface area contributed by atoms with Gasteiger partial charge in [0.15, 0.2) is 0 Å². The van der Waals surface area contributed by atoms with Gasteiger partial charge < -0.3 is 15.1 Å². The van der Waals surface area contributed by atoms with Crippen molar-refractivity contribution in [1.29, 1.82) is 0 Å². The molecule has 43 heavy (non-hydrogen) atoms. The largest absolute Gasteiger partial charge is 0.508 e. The maximum absolute atomic E-state index is 16.1. The van der Waals surface area contributed by atoms with Crippen LogP contribution >= 0.6 is 0 Å². The smallest absolute Gasteiger partial charge is 0.453 e. The second-order valence-electron chi connectivity index (χ2n) is 14.4. The molecule has 3 nitrogen and oxygen atoms in total. The normalized spacial score (nSPS) is 32.5. The summed E-state index contributed by atoms with van der Waals surface area (Å²) in [6, 6.07) is 5.41. The minimum Gasteiger partial charge on any atom is -0.508 e. The molecule has 0 radical (unpaired) electrons. The Balaban J connectivity index is 1.21. The van der Waals surface area contributed by atoms with Gasteiger partial charge in [-0.05, 0) is 119 Å². The molecule has 2 unspecified atom stereocenters. The van der Waals surface area contributed by atoms with E-state index in [0.29, 0.717) is 31.6 Å². The zero-order valence-electron chi connectivity index (χ0n) is 26.0. The highest BCUT2D eigenvalue weighted by molar-refractivity contribution is 5.41. The highest BCUT2D eigenvalue weighted by Crippen LogP contribution is 2.66. The summed E-state index contributed by atoms with van der Waals surface area (Å²) >= 11 is 0. The molecule has 2 fully saturated rings. The molecule has 0 saturated heterocycles. The molecule has 7 atom stereocenters. The van der Waals surface area contributed by atoms with Gasteiger partial charge in [0, 0.05) is 17.8 Å². The van der Waals surface area contributed by atoms with Gasteiger partial charge in [0.05, 0.1) is 5.60 Å². The van der Waals surface area contributed by atoms with Gasteiger partial charge >= 0.3 is 12.1 Å². The first-order valence-electron chi connectivity index (χ1n) is 16.4. The van der Waals surface area contributed by atoms with Gasteiger partial charge in [-0.3, -0.25) is 0 Å². The van der Waals surface area contributed by atoms with Crippen molar-refractivity contribution in [2.45, 2.75) is 134 Å². The number of rotatable bonds is 14. The van der Waals surface area contributed by atoms with Crippen LogP contribution in [-0.2, 0) is 6.42 Å². The molecule has 0 bridgehead atoms. The van der Waals surface area contributed by atoms with Crippen LogP contribution in [0.5, 0.6) is 5.75 Å². The summed E-state index contributed by atoms with van der Waals surface area (Å²) < 4.78 is 78.8. The van der Waals surface area contributed by atoms with Crippen LogP contribution < -0.4 is 0 Å². The number of benzene rings is 1. The van der Waals surface area contributed by atoms with Crippen molar-refractivity contribution in [2.24, 2.45) is 23.2 Å². The predicted molar refractivity (Wildman–Crippen MR) is 157 cm³/mol. The summed E-state index contributed by atoms with van der Waals surface area (Å²) in [6.07, 6.45) is 1.95. The fourth-order valence-corrected chi connectivity index (χ4v) is 8.76. The molecule has 2 N–H and O–H groups in total. The summed E-state index contributed by atoms with van der Waals surface area (Å²) in [5, 5.41) is 21.4. The Morgan fingerprint density at radius 2 is 1.56 bits per heavy atom. The van der Waals surface area contributed by atoms with Crippen LogP contribution in [0.4, 0.5) is 26.3 Å². The van der Waals surface area contributed by atoms with Crippen LogP contribution in [0.1, 0.15) is 114 Å². The average molecular weight is 620 g/mol. The van der Waals surface area contributed by atoms with E-state index in [-0.39, 0.29) is 29.9 Å². The summed E-state index contributed by atoms with van der Waals surface area (Å²) in [5.74, 6) is -3.79. The molecule has 4 rings (SSSR count). The SMILES string of the molecule is CN(CCCCCCCC(F)(F)C(F)(F)F)CCCCCC1Cc2cc(O)ccc2[C@H]2C(F)C[C@@]3(C)[C@@H](CC[C@]3(C)O)[C@H]12. The molecule has 0 heterocycles. The summed E-state index contributed by atoms with van der Waals surface area (Å²) in [5.41, 5.74) is 0.813. The van der Waals surface area contributed by atoms with Gasteiger partial charge in [-0.2, -0.15) is 22.0 Å². The molecule has 3 aliphatic carbocycles. The fourth-order valence-electron chi connectivity index (χ4n) is 8.76. The van der Waals surface area contributed by atoms with Crippen molar-refractivity contribution in [2.75, 3.05) is 20.1 Å². The summed E-state index contributed by atoms with van der Waals surface area (Å²) in [4.78, 5) is 2.24. The molecule has 2 saturated carbocycles. The first-order chi connectivity index (χ1) is 20.1. The molecule has 9 heteroatoms. The standard InChI is InChI=1S/C34H51F6NO2/c1-31-22-28(35)30-26-14-13-25(42)21-24(26)20-23(29(30)27(31)15-17-32(31,2)43)12-8-7-11-19-41(3)18-10-6-4-5-9-16-33(36,37)34(38,39)40/h13-14,21,23,27-30,42-43H,4-12,15-20,22H2,1-3H3/t23?,27-,28?,29-,30-,31-,32-/m0/s1. The van der Waals surface area contributed by atoms with Crippen LogP contribution in [0.3, 0.4) is 0 Å². The summed E-state index contributed by atoms with van der Waals surface area (Å²) in [7, 11) is 2.05. The van der Waals surface area contributed by atoms with Crippen molar-refractivity contribution < 1.29 is 36.6 Å². The topological polar surface area (TPSA) is 43.7 Å². The van der Waals surface area contributed by atoms with Gasteiger partial charge in [-0.25, -0.2) is 4.39 Å². The molecule has 3 aliphatic rings. The third kappa shape index (κ3) is 7.50. The van der Waals surface area contributed by atoms with E-state index in [1.54, 1.807) is 6.07 Å². The number of halogens is 6. The highest BCUT2D eigenvalue weighted by Gasteiger charge is 2.63. The number of aromatic hydroxyl groups is 1. The molecule has 1 aromatic rings. The van der Waals surface area contributed by atoms with E-state index in [1.807, 2.05) is 19.1 Å². The first kappa shape index (κ1) is 34.4. The van der Waals surface area contributed by atoms with E-state index in [1.165, 1.54) is 0 Å². The van der Waals surface area contributed by atoms with Crippen molar-refractivity contribution in [3.05, 3.63) is 29.3 Å². The van der Waals surface area contributed by atoms with Gasteiger partial charge in [0.1, 0.15) is 11.9 Å². The molecule has 0 spiro atoms. The number of phenolic OH excluding ortho intramolecular Hbond substituents is 1. The number of phenols is 1. The number of alkyl halides is 6. The van der Waals surface area contributed by atoms with Crippen LogP contribution in [0.2, 0.25) is 0 Å². The van der Waals surface area contributed by atoms with E-state index in [9.17, 15) is 32.2 Å². The Hall–Kier alpha value is -1.48. The Bertz CT molecular complexity index is 1060. The lowest BCUT2D eigenvalue weighted by atomic mass is 9.50. The Kier molecular flexibility index (Phi) is 10.8. The van der Waals surface area contributed by atoms with E-state index in [4.69, 9.17) is 0 Å². The Morgan fingerprint density at radius 1 is 0.930 bits per heavy atom. The van der Waals surface area contributed by atoms with Crippen LogP contribution in [0.15, 0.2) is 18.2 Å². The van der Waals surface area contributed by atoms with E-state index in [0.717, 1.165) is 75.6 Å². The van der Waals surface area contributed by atoms with Crippen molar-refractivity contribution in [3.63, 3.8) is 0 Å².